The number of hydrogen-bond donors (Lipinski definition) is 3. The van der Waals surface area contributed by atoms with Crippen molar-refractivity contribution in [3.63, 3.8) is 0 Å². The summed E-state index contributed by atoms with van der Waals surface area (Å²) in [7, 11) is 1.74. The topological polar surface area (TPSA) is 82.3 Å². The number of piperidine rings is 1. The van der Waals surface area contributed by atoms with E-state index in [-0.39, 0.29) is 5.91 Å². The van der Waals surface area contributed by atoms with Gasteiger partial charge < -0.3 is 25.3 Å². The van der Waals surface area contributed by atoms with Gasteiger partial charge in [0.2, 0.25) is 0 Å². The average Bonchev–Trinajstić information content (AvgIpc) is 3.48. The summed E-state index contributed by atoms with van der Waals surface area (Å²) >= 11 is 6.29. The summed E-state index contributed by atoms with van der Waals surface area (Å²) < 4.78 is 5.20. The summed E-state index contributed by atoms with van der Waals surface area (Å²) in [6.07, 6.45) is 5.58. The molecule has 0 spiro atoms. The van der Waals surface area contributed by atoms with E-state index in [1.807, 2.05) is 36.4 Å². The lowest BCUT2D eigenvalue weighted by Crippen LogP contribution is -2.40. The van der Waals surface area contributed by atoms with Crippen LogP contribution < -0.4 is 10.6 Å². The molecule has 5 rings (SSSR count). The fraction of sp³-hybridized carbons (Fsp3) is 0.308. The highest BCUT2D eigenvalue weighted by Crippen LogP contribution is 2.40. The monoisotopic (exact) mass is 477 g/mol. The molecule has 1 amide bonds. The number of nitrogens with one attached hydrogen (secondary N) is 3. The SMILES string of the molecule is COCCN1CCC(Nc2ccc3c(c2)/C(=C(\c2cccc(Cl)c2)c2ncc[nH]2)C(=O)N3)CC1. The fourth-order valence-corrected chi connectivity index (χ4v) is 4.90. The number of nitrogens with zero attached hydrogens (tertiary/aromatic N) is 2. The van der Waals surface area contributed by atoms with Crippen LogP contribution in [0.15, 0.2) is 54.9 Å². The Hall–Kier alpha value is -3.13. The minimum Gasteiger partial charge on any atom is -0.383 e. The Labute approximate surface area is 204 Å². The minimum atomic E-state index is -0.148. The third-order valence-corrected chi connectivity index (χ3v) is 6.67. The summed E-state index contributed by atoms with van der Waals surface area (Å²) in [5.74, 6) is 0.479. The van der Waals surface area contributed by atoms with Crippen LogP contribution in [0.2, 0.25) is 5.02 Å². The molecule has 7 nitrogen and oxygen atoms in total. The molecule has 3 N–H and O–H groups in total. The molecule has 0 aliphatic carbocycles. The van der Waals surface area contributed by atoms with Crippen molar-refractivity contribution in [3.8, 4) is 0 Å². The molecular weight excluding hydrogens is 450 g/mol. The van der Waals surface area contributed by atoms with Gasteiger partial charge in [-0.05, 0) is 48.7 Å². The predicted octanol–water partition coefficient (Wildman–Crippen LogP) is 4.50. The van der Waals surface area contributed by atoms with Gasteiger partial charge in [-0.1, -0.05) is 23.7 Å². The maximum absolute atomic E-state index is 13.2. The number of aromatic amines is 1. The van der Waals surface area contributed by atoms with Crippen molar-refractivity contribution in [1.29, 1.82) is 0 Å². The number of halogens is 1. The van der Waals surface area contributed by atoms with E-state index in [0.717, 1.165) is 67.2 Å². The van der Waals surface area contributed by atoms with Crippen LogP contribution in [-0.2, 0) is 9.53 Å². The molecule has 0 atom stereocenters. The third-order valence-electron chi connectivity index (χ3n) is 6.43. The molecule has 176 valence electrons. The van der Waals surface area contributed by atoms with Crippen LogP contribution in [0.25, 0.3) is 11.1 Å². The highest BCUT2D eigenvalue weighted by atomic mass is 35.5. The fourth-order valence-electron chi connectivity index (χ4n) is 4.71. The van der Waals surface area contributed by atoms with E-state index < -0.39 is 0 Å². The van der Waals surface area contributed by atoms with E-state index in [0.29, 0.717) is 22.5 Å². The second-order valence-corrected chi connectivity index (χ2v) is 9.10. The molecule has 1 saturated heterocycles. The molecule has 2 aromatic carbocycles. The van der Waals surface area contributed by atoms with Crippen LogP contribution in [-0.4, -0.2) is 60.2 Å². The molecular formula is C26H28ClN5O2. The Morgan fingerprint density at radius 2 is 2.09 bits per heavy atom. The van der Waals surface area contributed by atoms with E-state index in [4.69, 9.17) is 16.3 Å². The van der Waals surface area contributed by atoms with Gasteiger partial charge in [-0.15, -0.1) is 0 Å². The van der Waals surface area contributed by atoms with Crippen molar-refractivity contribution in [2.75, 3.05) is 44.0 Å². The molecule has 3 aromatic rings. The highest BCUT2D eigenvalue weighted by Gasteiger charge is 2.30. The molecule has 0 bridgehead atoms. The summed E-state index contributed by atoms with van der Waals surface area (Å²) in [5, 5.41) is 7.30. The van der Waals surface area contributed by atoms with Gasteiger partial charge in [-0.3, -0.25) is 4.79 Å². The number of ether oxygens (including phenoxy) is 1. The number of rotatable bonds is 7. The summed E-state index contributed by atoms with van der Waals surface area (Å²) in [4.78, 5) is 23.2. The lowest BCUT2D eigenvalue weighted by Gasteiger charge is -2.32. The Kier molecular flexibility index (Phi) is 6.67. The first-order valence-electron chi connectivity index (χ1n) is 11.6. The predicted molar refractivity (Wildman–Crippen MR) is 136 cm³/mol. The number of fused-ring (bicyclic) bond motifs is 1. The van der Waals surface area contributed by atoms with Gasteiger partial charge >= 0.3 is 0 Å². The van der Waals surface area contributed by atoms with E-state index in [9.17, 15) is 4.79 Å². The van der Waals surface area contributed by atoms with Gasteiger partial charge in [0.1, 0.15) is 5.82 Å². The van der Waals surface area contributed by atoms with Gasteiger partial charge in [0.05, 0.1) is 12.2 Å². The lowest BCUT2D eigenvalue weighted by atomic mass is 9.94. The zero-order valence-corrected chi connectivity index (χ0v) is 19.9. The third kappa shape index (κ3) is 4.73. The van der Waals surface area contributed by atoms with Gasteiger partial charge in [0, 0.05) is 72.7 Å². The van der Waals surface area contributed by atoms with Crippen molar-refractivity contribution < 1.29 is 9.53 Å². The quantitative estimate of drug-likeness (QED) is 0.436. The van der Waals surface area contributed by atoms with Crippen molar-refractivity contribution >= 4 is 40.0 Å². The Balaban J connectivity index is 1.46. The lowest BCUT2D eigenvalue weighted by molar-refractivity contribution is -0.110. The van der Waals surface area contributed by atoms with Crippen molar-refractivity contribution in [1.82, 2.24) is 14.9 Å². The Morgan fingerprint density at radius 3 is 2.82 bits per heavy atom. The average molecular weight is 478 g/mol. The molecule has 3 heterocycles. The number of anilines is 2. The van der Waals surface area contributed by atoms with Crippen molar-refractivity contribution in [3.05, 3.63) is 76.8 Å². The first-order valence-corrected chi connectivity index (χ1v) is 11.9. The van der Waals surface area contributed by atoms with Crippen LogP contribution >= 0.6 is 11.6 Å². The smallest absolute Gasteiger partial charge is 0.257 e. The van der Waals surface area contributed by atoms with Gasteiger partial charge in [-0.25, -0.2) is 4.98 Å². The molecule has 2 aliphatic heterocycles. The first kappa shape index (κ1) is 22.7. The van der Waals surface area contributed by atoms with Crippen LogP contribution in [0.3, 0.4) is 0 Å². The number of hydrogen-bond acceptors (Lipinski definition) is 5. The first-order chi connectivity index (χ1) is 16.6. The van der Waals surface area contributed by atoms with Gasteiger partial charge in [0.15, 0.2) is 0 Å². The standard InChI is InChI=1S/C26H28ClN5O2/c1-34-14-13-32-11-7-19(8-12-32)30-20-5-6-22-21(16-20)24(26(33)31-22)23(25-28-9-10-29-25)17-3-2-4-18(27)15-17/h2-6,9-10,15-16,19,30H,7-8,11-14H2,1H3,(H,28,29)(H,31,33)/b24-23-. The second-order valence-electron chi connectivity index (χ2n) is 8.67. The molecule has 1 fully saturated rings. The number of carbonyl (C=O) groups is 1. The second kappa shape index (κ2) is 10.0. The van der Waals surface area contributed by atoms with Gasteiger partial charge in [-0.2, -0.15) is 0 Å². The summed E-state index contributed by atoms with van der Waals surface area (Å²) in [6, 6.07) is 14.0. The number of benzene rings is 2. The maximum Gasteiger partial charge on any atom is 0.257 e. The van der Waals surface area contributed by atoms with E-state index in [1.54, 1.807) is 19.5 Å². The van der Waals surface area contributed by atoms with Crippen LogP contribution in [0.4, 0.5) is 11.4 Å². The number of carbonyl (C=O) groups excluding carboxylic acids is 1. The zero-order chi connectivity index (χ0) is 23.5. The Morgan fingerprint density at radius 1 is 1.24 bits per heavy atom. The minimum absolute atomic E-state index is 0.148. The normalized spacial score (nSPS) is 18.0. The van der Waals surface area contributed by atoms with E-state index in [1.165, 1.54) is 0 Å². The highest BCUT2D eigenvalue weighted by molar-refractivity contribution is 6.38. The number of likely N-dealkylation sites (tertiary alicyclic amines) is 1. The maximum atomic E-state index is 13.2. The molecule has 0 radical (unpaired) electrons. The van der Waals surface area contributed by atoms with Gasteiger partial charge in [0.25, 0.3) is 5.91 Å². The summed E-state index contributed by atoms with van der Waals surface area (Å²) in [6.45, 7) is 3.84. The largest absolute Gasteiger partial charge is 0.383 e. The van der Waals surface area contributed by atoms with E-state index in [2.05, 4.69) is 31.6 Å². The molecule has 0 saturated carbocycles. The number of imidazole rings is 1. The van der Waals surface area contributed by atoms with Crippen LogP contribution in [0.1, 0.15) is 29.8 Å². The van der Waals surface area contributed by atoms with Crippen LogP contribution in [0, 0.1) is 0 Å². The number of amides is 1. The number of H-pyrrole nitrogens is 1. The molecule has 2 aliphatic rings. The molecule has 8 heteroatoms. The van der Waals surface area contributed by atoms with Crippen molar-refractivity contribution in [2.45, 2.75) is 18.9 Å². The molecule has 34 heavy (non-hydrogen) atoms. The summed E-state index contributed by atoms with van der Waals surface area (Å²) in [5.41, 5.74) is 4.82. The number of methoxy groups -OCH3 is 1. The van der Waals surface area contributed by atoms with Crippen molar-refractivity contribution in [2.24, 2.45) is 0 Å². The number of aromatic nitrogens is 2. The van der Waals surface area contributed by atoms with Crippen LogP contribution in [0.5, 0.6) is 0 Å². The molecule has 0 unspecified atom stereocenters. The van der Waals surface area contributed by atoms with E-state index >= 15 is 0 Å². The Bertz CT molecular complexity index is 1200. The zero-order valence-electron chi connectivity index (χ0n) is 19.1. The molecule has 1 aromatic heterocycles.